The average Bonchev–Trinajstić information content (AvgIpc) is 2.99. The summed E-state index contributed by atoms with van der Waals surface area (Å²) in [6.07, 6.45) is 0. The highest BCUT2D eigenvalue weighted by atomic mass is 128. The molecule has 24 heavy (non-hydrogen) atoms. The van der Waals surface area contributed by atoms with E-state index in [2.05, 4.69) is 58.2 Å². The van der Waals surface area contributed by atoms with Crippen LogP contribution in [0.1, 0.15) is 27.7 Å². The maximum atomic E-state index is 11.1. The number of cyclic esters (lactones) is 4. The molecule has 2 heterocycles. The molecule has 3 fully saturated rings. The van der Waals surface area contributed by atoms with Gasteiger partial charge < -0.3 is 20.9 Å². The summed E-state index contributed by atoms with van der Waals surface area (Å²) in [5, 5.41) is 0. The van der Waals surface area contributed by atoms with Gasteiger partial charge in [-0.25, -0.2) is 0 Å². The van der Waals surface area contributed by atoms with Gasteiger partial charge in [-0.05, 0) is 14.1 Å². The lowest BCUT2D eigenvalue weighted by atomic mass is 9.59. The maximum Gasteiger partial charge on any atom is 0.318 e. The summed E-state index contributed by atoms with van der Waals surface area (Å²) in [5.41, 5.74) is 9.00. The Balaban J connectivity index is -0.000000384. The quantitative estimate of drug-likeness (QED) is 0.254. The minimum Gasteiger partial charge on any atom is -0.393 e. The average molecular weight is 572 g/mol. The van der Waals surface area contributed by atoms with Gasteiger partial charge in [0.05, 0.1) is 23.7 Å². The summed E-state index contributed by atoms with van der Waals surface area (Å²) in [4.78, 5) is 44.3. The standard InChI is InChI=1S/C8H4O6.2C2H6.2CH5N.I2/c9-5-1-2(6(10)13-5)4-3(1)7(11)14-8(4)12;5*1-2/h1-4H;2*1-2H3;2*2H2,1H3;. The van der Waals surface area contributed by atoms with Gasteiger partial charge in [0, 0.05) is 37.2 Å². The number of hydrogen-bond acceptors (Lipinski definition) is 8. The zero-order valence-electron chi connectivity index (χ0n) is 14.7. The van der Waals surface area contributed by atoms with E-state index in [0.29, 0.717) is 0 Å². The van der Waals surface area contributed by atoms with Gasteiger partial charge in [0.1, 0.15) is 0 Å². The second-order valence-corrected chi connectivity index (χ2v) is 3.58. The van der Waals surface area contributed by atoms with Crippen molar-refractivity contribution < 1.29 is 28.7 Å². The highest BCUT2D eigenvalue weighted by molar-refractivity contribution is 15.0. The van der Waals surface area contributed by atoms with Crippen LogP contribution in [0.2, 0.25) is 0 Å². The molecule has 0 atom stereocenters. The van der Waals surface area contributed by atoms with Crippen molar-refractivity contribution in [3.63, 3.8) is 0 Å². The van der Waals surface area contributed by atoms with Crippen LogP contribution < -0.4 is 11.5 Å². The molecule has 0 bridgehead atoms. The first-order valence-electron chi connectivity index (χ1n) is 7.42. The third kappa shape index (κ3) is 5.88. The van der Waals surface area contributed by atoms with Crippen molar-refractivity contribution in [2.45, 2.75) is 27.7 Å². The van der Waals surface area contributed by atoms with Gasteiger partial charge in [-0.1, -0.05) is 27.7 Å². The third-order valence-corrected chi connectivity index (χ3v) is 3.04. The first-order valence-corrected chi connectivity index (χ1v) is 13.7. The molecule has 0 amide bonds. The van der Waals surface area contributed by atoms with Crippen LogP contribution in [0.3, 0.4) is 0 Å². The van der Waals surface area contributed by atoms with Crippen molar-refractivity contribution in [3.05, 3.63) is 0 Å². The van der Waals surface area contributed by atoms with E-state index in [1.54, 1.807) is 0 Å². The number of hydrogen-bond donors (Lipinski definition) is 2. The molecular formula is C14H26I2N2O6. The van der Waals surface area contributed by atoms with Crippen molar-refractivity contribution in [2.24, 2.45) is 35.1 Å². The molecule has 10 heteroatoms. The normalized spacial score (nSPS) is 26.9. The van der Waals surface area contributed by atoms with Crippen molar-refractivity contribution in [2.75, 3.05) is 14.1 Å². The van der Waals surface area contributed by atoms with Crippen LogP contribution >= 0.6 is 37.2 Å². The predicted molar refractivity (Wildman–Crippen MR) is 107 cm³/mol. The molecule has 1 aliphatic carbocycles. The van der Waals surface area contributed by atoms with E-state index in [9.17, 15) is 19.2 Å². The fraction of sp³-hybridized carbons (Fsp3) is 0.714. The molecule has 0 spiro atoms. The lowest BCUT2D eigenvalue weighted by molar-refractivity contribution is -0.158. The van der Waals surface area contributed by atoms with Gasteiger partial charge in [0.25, 0.3) is 0 Å². The van der Waals surface area contributed by atoms with Crippen molar-refractivity contribution in [1.29, 1.82) is 0 Å². The molecule has 0 aromatic carbocycles. The van der Waals surface area contributed by atoms with Gasteiger partial charge in [-0.3, -0.25) is 19.2 Å². The van der Waals surface area contributed by atoms with Crippen LogP contribution in [0.25, 0.3) is 0 Å². The number of carbonyl (C=O) groups excluding carboxylic acids is 4. The zero-order chi connectivity index (χ0) is 20.0. The van der Waals surface area contributed by atoms with E-state index in [0.717, 1.165) is 0 Å². The topological polar surface area (TPSA) is 139 Å². The molecule has 0 aromatic heterocycles. The fourth-order valence-corrected chi connectivity index (χ4v) is 2.39. The Hall–Kier alpha value is -0.340. The number of rotatable bonds is 0. The highest BCUT2D eigenvalue weighted by Crippen LogP contribution is 2.54. The van der Waals surface area contributed by atoms with E-state index in [1.165, 1.54) is 14.1 Å². The van der Waals surface area contributed by atoms with Crippen LogP contribution in [0.15, 0.2) is 0 Å². The predicted octanol–water partition coefficient (Wildman–Crippen LogP) is 1.61. The van der Waals surface area contributed by atoms with Crippen LogP contribution in [0.4, 0.5) is 0 Å². The molecular weight excluding hydrogens is 546 g/mol. The molecule has 8 nitrogen and oxygen atoms in total. The summed E-state index contributed by atoms with van der Waals surface area (Å²) in [5.74, 6) is -6.00. The Labute approximate surface area is 166 Å². The van der Waals surface area contributed by atoms with Crippen molar-refractivity contribution >= 4 is 61.1 Å². The summed E-state index contributed by atoms with van der Waals surface area (Å²) < 4.78 is 8.69. The number of esters is 4. The Morgan fingerprint density at radius 3 is 0.833 bits per heavy atom. The fourth-order valence-electron chi connectivity index (χ4n) is 2.39. The molecule has 0 unspecified atom stereocenters. The van der Waals surface area contributed by atoms with Gasteiger partial charge in [0.2, 0.25) is 0 Å². The molecule has 2 aliphatic heterocycles. The number of halogens is 2. The summed E-state index contributed by atoms with van der Waals surface area (Å²) >= 11 is 4.24. The lowest BCUT2D eigenvalue weighted by Crippen LogP contribution is -2.50. The minimum absolute atomic E-state index is 0.715. The second kappa shape index (κ2) is 16.1. The second-order valence-electron chi connectivity index (χ2n) is 3.58. The minimum atomic E-state index is -0.786. The highest BCUT2D eigenvalue weighted by Gasteiger charge is 2.72. The summed E-state index contributed by atoms with van der Waals surface area (Å²) in [7, 11) is 3.00. The molecule has 3 rings (SSSR count). The number of fused-ring (bicyclic) bond motifs is 4. The van der Waals surface area contributed by atoms with E-state index >= 15 is 0 Å². The molecule has 0 radical (unpaired) electrons. The van der Waals surface area contributed by atoms with Gasteiger partial charge in [-0.2, -0.15) is 0 Å². The third-order valence-electron chi connectivity index (χ3n) is 3.04. The first-order chi connectivity index (χ1) is 11.6. The van der Waals surface area contributed by atoms with Crippen molar-refractivity contribution in [3.8, 4) is 0 Å². The Kier molecular flexibility index (Phi) is 19.1. The maximum absolute atomic E-state index is 11.1. The van der Waals surface area contributed by atoms with E-state index in [1.807, 2.05) is 27.7 Å². The number of carbonyl (C=O) groups is 4. The molecule has 1 saturated carbocycles. The van der Waals surface area contributed by atoms with Crippen LogP contribution in [0, 0.1) is 23.7 Å². The molecule has 2 saturated heterocycles. The van der Waals surface area contributed by atoms with E-state index < -0.39 is 47.5 Å². The van der Waals surface area contributed by atoms with Crippen LogP contribution in [0.5, 0.6) is 0 Å². The van der Waals surface area contributed by atoms with Crippen LogP contribution in [-0.4, -0.2) is 38.0 Å². The lowest BCUT2D eigenvalue weighted by Gasteiger charge is -2.33. The summed E-state index contributed by atoms with van der Waals surface area (Å²) in [6, 6.07) is 0. The number of nitrogens with two attached hydrogens (primary N) is 2. The first kappa shape index (κ1) is 28.5. The number of ether oxygens (including phenoxy) is 2. The SMILES string of the molecule is CC.CC.CN.CN.II.O=C1OC(=O)C2C1C1C(=O)OC(=O)C21. The van der Waals surface area contributed by atoms with Crippen LogP contribution in [-0.2, 0) is 28.7 Å². The Morgan fingerprint density at radius 2 is 0.708 bits per heavy atom. The Bertz CT molecular complexity index is 338. The van der Waals surface area contributed by atoms with Crippen molar-refractivity contribution in [1.82, 2.24) is 0 Å². The van der Waals surface area contributed by atoms with Gasteiger partial charge in [-0.15, -0.1) is 0 Å². The molecule has 3 aliphatic rings. The van der Waals surface area contributed by atoms with E-state index in [-0.39, 0.29) is 0 Å². The molecule has 0 aromatic rings. The van der Waals surface area contributed by atoms with Gasteiger partial charge >= 0.3 is 23.9 Å². The Morgan fingerprint density at radius 1 is 0.583 bits per heavy atom. The van der Waals surface area contributed by atoms with Gasteiger partial charge in [0.15, 0.2) is 0 Å². The molecule has 142 valence electrons. The van der Waals surface area contributed by atoms with E-state index in [4.69, 9.17) is 0 Å². The summed E-state index contributed by atoms with van der Waals surface area (Å²) in [6.45, 7) is 8.00. The zero-order valence-corrected chi connectivity index (χ0v) is 19.0. The smallest absolute Gasteiger partial charge is 0.318 e. The molecule has 4 N–H and O–H groups in total. The monoisotopic (exact) mass is 572 g/mol. The largest absolute Gasteiger partial charge is 0.393 e.